The van der Waals surface area contributed by atoms with E-state index in [1.807, 2.05) is 6.08 Å². The van der Waals surface area contributed by atoms with Crippen molar-refractivity contribution >= 4 is 15.9 Å². The van der Waals surface area contributed by atoms with Crippen LogP contribution in [0, 0.1) is 5.92 Å². The van der Waals surface area contributed by atoms with Gasteiger partial charge in [0.2, 0.25) is 15.9 Å². The highest BCUT2D eigenvalue weighted by atomic mass is 32.2. The van der Waals surface area contributed by atoms with E-state index < -0.39 is 21.8 Å². The van der Waals surface area contributed by atoms with Gasteiger partial charge in [0.25, 0.3) is 0 Å². The van der Waals surface area contributed by atoms with Gasteiger partial charge in [-0.15, -0.1) is 0 Å². The smallest absolute Gasteiger partial charge is 0.340 e. The van der Waals surface area contributed by atoms with E-state index in [2.05, 4.69) is 6.08 Å². The van der Waals surface area contributed by atoms with Gasteiger partial charge in [-0.1, -0.05) is 18.2 Å². The molecule has 0 N–H and O–H groups in total. The molecule has 1 aliphatic heterocycles. The first kappa shape index (κ1) is 19.9. The molecule has 1 heterocycles. The highest BCUT2D eigenvalue weighted by Gasteiger charge is 2.34. The van der Waals surface area contributed by atoms with Gasteiger partial charge in [-0.25, -0.2) is 8.42 Å². The Kier molecular flexibility index (Phi) is 5.62. The van der Waals surface area contributed by atoms with Crippen LogP contribution in [0.1, 0.15) is 24.8 Å². The molecule has 1 saturated heterocycles. The Balaban J connectivity index is 1.64. The number of benzene rings is 1. The number of sulfonamides is 1. The summed E-state index contributed by atoms with van der Waals surface area (Å²) in [6.45, 7) is 0.635. The number of alkyl halides is 3. The molecule has 0 aromatic heterocycles. The number of piperazine rings is 1. The first-order valence-corrected chi connectivity index (χ1v) is 10.2. The van der Waals surface area contributed by atoms with Crippen LogP contribution in [0.2, 0.25) is 0 Å². The van der Waals surface area contributed by atoms with Crippen molar-refractivity contribution < 1.29 is 26.4 Å². The Morgan fingerprint density at radius 2 is 1.85 bits per heavy atom. The molecular weight excluding hydrogens is 381 g/mol. The van der Waals surface area contributed by atoms with Crippen LogP contribution >= 0.6 is 0 Å². The molecule has 0 bridgehead atoms. The number of nitrogens with zero attached hydrogens (tertiary/aromatic N) is 2. The minimum Gasteiger partial charge on any atom is -0.340 e. The Morgan fingerprint density at radius 3 is 2.44 bits per heavy atom. The minimum atomic E-state index is -4.61. The average Bonchev–Trinajstić information content (AvgIpc) is 3.14. The Morgan fingerprint density at radius 1 is 1.15 bits per heavy atom. The molecule has 5 nitrogen and oxygen atoms in total. The van der Waals surface area contributed by atoms with Crippen molar-refractivity contribution in [2.45, 2.75) is 30.3 Å². The molecule has 3 rings (SSSR count). The molecular formula is C18H21F3N2O3S. The first-order chi connectivity index (χ1) is 12.7. The maximum Gasteiger partial charge on any atom is 0.416 e. The number of allylic oxidation sites excluding steroid dienone is 2. The van der Waals surface area contributed by atoms with Crippen molar-refractivity contribution in [2.75, 3.05) is 26.2 Å². The summed E-state index contributed by atoms with van der Waals surface area (Å²) in [6.07, 6.45) is 1.82. The molecule has 1 atom stereocenters. The highest BCUT2D eigenvalue weighted by molar-refractivity contribution is 7.89. The van der Waals surface area contributed by atoms with E-state index in [0.717, 1.165) is 35.3 Å². The fourth-order valence-corrected chi connectivity index (χ4v) is 4.85. The first-order valence-electron chi connectivity index (χ1n) is 8.80. The predicted octanol–water partition coefficient (Wildman–Crippen LogP) is 2.89. The van der Waals surface area contributed by atoms with Crippen LogP contribution in [0.25, 0.3) is 0 Å². The van der Waals surface area contributed by atoms with Crippen molar-refractivity contribution in [3.05, 3.63) is 42.0 Å². The van der Waals surface area contributed by atoms with Crippen LogP contribution in [0.15, 0.2) is 41.3 Å². The zero-order chi connectivity index (χ0) is 19.7. The van der Waals surface area contributed by atoms with E-state index in [4.69, 9.17) is 0 Å². The maximum absolute atomic E-state index is 12.8. The Hall–Kier alpha value is -1.87. The number of halogens is 3. The molecule has 148 valence electrons. The van der Waals surface area contributed by atoms with Crippen LogP contribution in [0.5, 0.6) is 0 Å². The molecule has 0 spiro atoms. The summed E-state index contributed by atoms with van der Waals surface area (Å²) in [5.41, 5.74) is -0.998. The zero-order valence-electron chi connectivity index (χ0n) is 14.7. The minimum absolute atomic E-state index is 0.0114. The van der Waals surface area contributed by atoms with E-state index in [1.165, 1.54) is 0 Å². The van der Waals surface area contributed by atoms with Crippen molar-refractivity contribution in [3.8, 4) is 0 Å². The summed E-state index contributed by atoms with van der Waals surface area (Å²) in [7, 11) is -4.03. The third-order valence-electron chi connectivity index (χ3n) is 4.94. The second-order valence-electron chi connectivity index (χ2n) is 6.78. The third-order valence-corrected chi connectivity index (χ3v) is 6.83. The summed E-state index contributed by atoms with van der Waals surface area (Å²) >= 11 is 0. The predicted molar refractivity (Wildman–Crippen MR) is 93.3 cm³/mol. The lowest BCUT2D eigenvalue weighted by Crippen LogP contribution is -2.50. The lowest BCUT2D eigenvalue weighted by atomic mass is 10.0. The number of hydrogen-bond donors (Lipinski definition) is 0. The monoisotopic (exact) mass is 402 g/mol. The SMILES string of the molecule is O=C(C[C@H]1C=CCC1)N1CCN(S(=O)(=O)c2cccc(C(F)(F)F)c2)CC1. The van der Waals surface area contributed by atoms with Gasteiger partial charge in [0, 0.05) is 32.6 Å². The van der Waals surface area contributed by atoms with E-state index >= 15 is 0 Å². The Labute approximate surface area is 156 Å². The second kappa shape index (κ2) is 7.63. The van der Waals surface area contributed by atoms with Crippen molar-refractivity contribution in [1.82, 2.24) is 9.21 Å². The number of hydrogen-bond acceptors (Lipinski definition) is 3. The molecule has 0 saturated carbocycles. The van der Waals surface area contributed by atoms with Crippen molar-refractivity contribution in [1.29, 1.82) is 0 Å². The van der Waals surface area contributed by atoms with Gasteiger partial charge in [-0.3, -0.25) is 4.79 Å². The highest BCUT2D eigenvalue weighted by Crippen LogP contribution is 2.31. The number of carbonyl (C=O) groups excluding carboxylic acids is 1. The molecule has 1 fully saturated rings. The van der Waals surface area contributed by atoms with Crippen LogP contribution in [-0.4, -0.2) is 49.7 Å². The molecule has 1 aromatic carbocycles. The fourth-order valence-electron chi connectivity index (χ4n) is 3.38. The zero-order valence-corrected chi connectivity index (χ0v) is 15.5. The summed E-state index contributed by atoms with van der Waals surface area (Å²) in [6, 6.07) is 3.74. The lowest BCUT2D eigenvalue weighted by molar-refractivity contribution is -0.137. The van der Waals surface area contributed by atoms with Crippen LogP contribution in [0.4, 0.5) is 13.2 Å². The number of amides is 1. The fraction of sp³-hybridized carbons (Fsp3) is 0.500. The van der Waals surface area contributed by atoms with E-state index in [0.29, 0.717) is 12.5 Å². The standard InChI is InChI=1S/C18H21F3N2O3S/c19-18(20,21)15-6-3-7-16(13-15)27(25,26)23-10-8-22(9-11-23)17(24)12-14-4-1-2-5-14/h1,3-4,6-7,13-14H,2,5,8-12H2/t14-/m0/s1. The molecule has 1 aromatic rings. The van der Waals surface area contributed by atoms with Gasteiger partial charge in [0.15, 0.2) is 0 Å². The van der Waals surface area contributed by atoms with E-state index in [-0.39, 0.29) is 42.9 Å². The summed E-state index contributed by atoms with van der Waals surface area (Å²) in [4.78, 5) is 13.6. The van der Waals surface area contributed by atoms with Crippen LogP contribution < -0.4 is 0 Å². The average molecular weight is 402 g/mol. The van der Waals surface area contributed by atoms with Crippen LogP contribution in [-0.2, 0) is 21.0 Å². The molecule has 1 amide bonds. The van der Waals surface area contributed by atoms with Gasteiger partial charge < -0.3 is 4.90 Å². The summed E-state index contributed by atoms with van der Waals surface area (Å²) < 4.78 is 65.0. The Bertz CT molecular complexity index is 828. The molecule has 9 heteroatoms. The van der Waals surface area contributed by atoms with Crippen molar-refractivity contribution in [3.63, 3.8) is 0 Å². The van der Waals surface area contributed by atoms with Gasteiger partial charge in [0.1, 0.15) is 0 Å². The third kappa shape index (κ3) is 4.52. The van der Waals surface area contributed by atoms with Gasteiger partial charge >= 0.3 is 6.18 Å². The van der Waals surface area contributed by atoms with Crippen LogP contribution in [0.3, 0.4) is 0 Å². The molecule has 1 aliphatic carbocycles. The van der Waals surface area contributed by atoms with Gasteiger partial charge in [0.05, 0.1) is 10.5 Å². The largest absolute Gasteiger partial charge is 0.416 e. The number of rotatable bonds is 4. The van der Waals surface area contributed by atoms with Gasteiger partial charge in [-0.2, -0.15) is 17.5 Å². The van der Waals surface area contributed by atoms with Crippen molar-refractivity contribution in [2.24, 2.45) is 5.92 Å². The quantitative estimate of drug-likeness (QED) is 0.728. The normalized spacial score (nSPS) is 21.6. The molecule has 27 heavy (non-hydrogen) atoms. The molecule has 2 aliphatic rings. The topological polar surface area (TPSA) is 57.7 Å². The molecule has 0 radical (unpaired) electrons. The summed E-state index contributed by atoms with van der Waals surface area (Å²) in [5, 5.41) is 0. The molecule has 0 unspecified atom stereocenters. The maximum atomic E-state index is 12.8. The summed E-state index contributed by atoms with van der Waals surface area (Å²) in [5.74, 6) is 0.229. The second-order valence-corrected chi connectivity index (χ2v) is 8.72. The lowest BCUT2D eigenvalue weighted by Gasteiger charge is -2.34. The van der Waals surface area contributed by atoms with E-state index in [1.54, 1.807) is 4.90 Å². The van der Waals surface area contributed by atoms with Gasteiger partial charge in [-0.05, 0) is 37.0 Å². The number of carbonyl (C=O) groups is 1. The van der Waals surface area contributed by atoms with E-state index in [9.17, 15) is 26.4 Å².